The summed E-state index contributed by atoms with van der Waals surface area (Å²) in [5.41, 5.74) is 1.13. The minimum atomic E-state index is 0.133. The van der Waals surface area contributed by atoms with Crippen LogP contribution in [0.5, 0.6) is 11.5 Å². The van der Waals surface area contributed by atoms with Gasteiger partial charge in [-0.2, -0.15) is 0 Å². The number of benzene rings is 2. The minimum Gasteiger partial charge on any atom is -0.486 e. The topological polar surface area (TPSA) is 38.8 Å². The minimum absolute atomic E-state index is 0.133. The summed E-state index contributed by atoms with van der Waals surface area (Å²) >= 11 is 7.60. The van der Waals surface area contributed by atoms with Crippen LogP contribution in [0.15, 0.2) is 47.4 Å². The number of hydrogen-bond donors (Lipinski definition) is 0. The van der Waals surface area contributed by atoms with Crippen LogP contribution in [0.25, 0.3) is 0 Å². The fourth-order valence-electron chi connectivity index (χ4n) is 3.61. The maximum absolute atomic E-state index is 12.8. The van der Waals surface area contributed by atoms with Crippen molar-refractivity contribution in [3.63, 3.8) is 0 Å². The zero-order valence-corrected chi connectivity index (χ0v) is 16.6. The number of thioether (sulfide) groups is 1. The van der Waals surface area contributed by atoms with Crippen molar-refractivity contribution in [2.75, 3.05) is 25.5 Å². The van der Waals surface area contributed by atoms with Gasteiger partial charge < -0.3 is 14.4 Å². The van der Waals surface area contributed by atoms with Crippen LogP contribution in [-0.4, -0.2) is 36.3 Å². The molecule has 2 aliphatic heterocycles. The summed E-state index contributed by atoms with van der Waals surface area (Å²) in [5, 5.41) is 0.731. The summed E-state index contributed by atoms with van der Waals surface area (Å²) in [6, 6.07) is 13.9. The second kappa shape index (κ2) is 8.44. The molecule has 2 aromatic rings. The van der Waals surface area contributed by atoms with Crippen LogP contribution in [0.4, 0.5) is 0 Å². The van der Waals surface area contributed by atoms with Gasteiger partial charge in [-0.3, -0.25) is 4.79 Å². The zero-order chi connectivity index (χ0) is 18.6. The lowest BCUT2D eigenvalue weighted by molar-refractivity contribution is -0.131. The second-order valence-corrected chi connectivity index (χ2v) is 8.31. The predicted octanol–water partition coefficient (Wildman–Crippen LogP) is 4.96. The standard InChI is InChI=1S/C21H22ClNO3S/c22-16-4-6-17(7-5-16)27-13-9-21(24)23-10-1-2-18(23)15-3-8-19-20(14-15)26-12-11-25-19/h3-8,14,18H,1-2,9-13H2. The number of halogens is 1. The van der Waals surface area contributed by atoms with Crippen LogP contribution < -0.4 is 9.47 Å². The third-order valence-corrected chi connectivity index (χ3v) is 6.19. The van der Waals surface area contributed by atoms with E-state index in [1.807, 2.05) is 41.3 Å². The second-order valence-electron chi connectivity index (χ2n) is 6.70. The Morgan fingerprint density at radius 1 is 1.11 bits per heavy atom. The van der Waals surface area contributed by atoms with Crippen LogP contribution in [-0.2, 0) is 4.79 Å². The molecule has 0 aromatic heterocycles. The molecule has 142 valence electrons. The molecule has 0 spiro atoms. The highest BCUT2D eigenvalue weighted by atomic mass is 35.5. The third-order valence-electron chi connectivity index (χ3n) is 4.92. The molecule has 1 fully saturated rings. The summed E-state index contributed by atoms with van der Waals surface area (Å²) in [6.07, 6.45) is 2.57. The fraction of sp³-hybridized carbons (Fsp3) is 0.381. The number of nitrogens with zero attached hydrogens (tertiary/aromatic N) is 1. The van der Waals surface area contributed by atoms with E-state index in [0.717, 1.165) is 52.1 Å². The quantitative estimate of drug-likeness (QED) is 0.661. The number of fused-ring (bicyclic) bond motifs is 1. The highest BCUT2D eigenvalue weighted by Gasteiger charge is 2.30. The summed E-state index contributed by atoms with van der Waals surface area (Å²) < 4.78 is 11.3. The van der Waals surface area contributed by atoms with E-state index in [1.165, 1.54) is 0 Å². The largest absolute Gasteiger partial charge is 0.486 e. The van der Waals surface area contributed by atoms with Gasteiger partial charge in [-0.15, -0.1) is 11.8 Å². The van der Waals surface area contributed by atoms with Crippen molar-refractivity contribution in [2.45, 2.75) is 30.2 Å². The number of rotatable bonds is 5. The van der Waals surface area contributed by atoms with Crippen LogP contribution in [0.2, 0.25) is 5.02 Å². The summed E-state index contributed by atoms with van der Waals surface area (Å²) in [7, 11) is 0. The predicted molar refractivity (Wildman–Crippen MR) is 108 cm³/mol. The fourth-order valence-corrected chi connectivity index (χ4v) is 4.58. The molecule has 6 heteroatoms. The normalized spacial score (nSPS) is 18.6. The van der Waals surface area contributed by atoms with Crippen LogP contribution in [0.1, 0.15) is 30.9 Å². The molecule has 0 bridgehead atoms. The number of hydrogen-bond acceptors (Lipinski definition) is 4. The first-order valence-corrected chi connectivity index (χ1v) is 10.6. The number of amides is 1. The molecule has 1 unspecified atom stereocenters. The molecule has 27 heavy (non-hydrogen) atoms. The average molecular weight is 404 g/mol. The van der Waals surface area contributed by atoms with Gasteiger partial charge in [0, 0.05) is 28.6 Å². The first-order valence-electron chi connectivity index (χ1n) is 9.28. The summed E-state index contributed by atoms with van der Waals surface area (Å²) in [6.45, 7) is 1.99. The van der Waals surface area contributed by atoms with Crippen molar-refractivity contribution in [2.24, 2.45) is 0 Å². The van der Waals surface area contributed by atoms with Gasteiger partial charge in [-0.1, -0.05) is 17.7 Å². The molecule has 2 aliphatic rings. The highest BCUT2D eigenvalue weighted by molar-refractivity contribution is 7.99. The molecular weight excluding hydrogens is 382 g/mol. The summed E-state index contributed by atoms with van der Waals surface area (Å²) in [5.74, 6) is 2.57. The Morgan fingerprint density at radius 2 is 1.89 bits per heavy atom. The van der Waals surface area contributed by atoms with Gasteiger partial charge in [-0.25, -0.2) is 0 Å². The monoisotopic (exact) mass is 403 g/mol. The molecule has 2 aromatic carbocycles. The Kier molecular flexibility index (Phi) is 5.79. The average Bonchev–Trinajstić information content (AvgIpc) is 3.19. The van der Waals surface area contributed by atoms with Crippen molar-refractivity contribution < 1.29 is 14.3 Å². The molecule has 1 atom stereocenters. The molecule has 0 radical (unpaired) electrons. The van der Waals surface area contributed by atoms with Crippen molar-refractivity contribution in [3.05, 3.63) is 53.1 Å². The maximum atomic E-state index is 12.8. The van der Waals surface area contributed by atoms with Gasteiger partial charge in [-0.05, 0) is 54.8 Å². The van der Waals surface area contributed by atoms with Gasteiger partial charge in [0.05, 0.1) is 6.04 Å². The van der Waals surface area contributed by atoms with Crippen molar-refractivity contribution in [1.29, 1.82) is 0 Å². The van der Waals surface area contributed by atoms with E-state index in [9.17, 15) is 4.79 Å². The molecule has 2 heterocycles. The Hall–Kier alpha value is -1.85. The van der Waals surface area contributed by atoms with Gasteiger partial charge >= 0.3 is 0 Å². The van der Waals surface area contributed by atoms with Gasteiger partial charge in [0.2, 0.25) is 5.91 Å². The van der Waals surface area contributed by atoms with E-state index in [-0.39, 0.29) is 11.9 Å². The van der Waals surface area contributed by atoms with E-state index in [1.54, 1.807) is 11.8 Å². The molecule has 1 saturated heterocycles. The number of carbonyl (C=O) groups is 1. The van der Waals surface area contributed by atoms with Crippen molar-refractivity contribution in [1.82, 2.24) is 4.90 Å². The molecule has 4 rings (SSSR count). The third kappa shape index (κ3) is 4.36. The van der Waals surface area contributed by atoms with Crippen molar-refractivity contribution in [3.8, 4) is 11.5 Å². The van der Waals surface area contributed by atoms with E-state index in [4.69, 9.17) is 21.1 Å². The van der Waals surface area contributed by atoms with Gasteiger partial charge in [0.15, 0.2) is 11.5 Å². The molecule has 4 nitrogen and oxygen atoms in total. The molecule has 0 saturated carbocycles. The first-order chi connectivity index (χ1) is 13.2. The lowest BCUT2D eigenvalue weighted by Crippen LogP contribution is -2.30. The SMILES string of the molecule is O=C(CCSc1ccc(Cl)cc1)N1CCCC1c1ccc2c(c1)OCCO2. The Labute approximate surface area is 168 Å². The zero-order valence-electron chi connectivity index (χ0n) is 15.0. The van der Waals surface area contributed by atoms with E-state index in [0.29, 0.717) is 19.6 Å². The van der Waals surface area contributed by atoms with E-state index < -0.39 is 0 Å². The van der Waals surface area contributed by atoms with E-state index in [2.05, 4.69) is 6.07 Å². The number of likely N-dealkylation sites (tertiary alicyclic amines) is 1. The first kappa shape index (κ1) is 18.5. The Bertz CT molecular complexity index is 812. The molecular formula is C21H22ClNO3S. The van der Waals surface area contributed by atoms with Crippen LogP contribution >= 0.6 is 23.4 Å². The number of ether oxygens (including phenoxy) is 2. The lowest BCUT2D eigenvalue weighted by Gasteiger charge is -2.27. The smallest absolute Gasteiger partial charge is 0.223 e. The van der Waals surface area contributed by atoms with Crippen LogP contribution in [0.3, 0.4) is 0 Å². The Balaban J connectivity index is 1.37. The van der Waals surface area contributed by atoms with Crippen molar-refractivity contribution >= 4 is 29.3 Å². The van der Waals surface area contributed by atoms with Gasteiger partial charge in [0.25, 0.3) is 0 Å². The summed E-state index contributed by atoms with van der Waals surface area (Å²) in [4.78, 5) is 16.0. The Morgan fingerprint density at radius 3 is 2.70 bits per heavy atom. The molecule has 1 amide bonds. The maximum Gasteiger partial charge on any atom is 0.223 e. The highest BCUT2D eigenvalue weighted by Crippen LogP contribution is 2.38. The van der Waals surface area contributed by atoms with E-state index >= 15 is 0 Å². The lowest BCUT2D eigenvalue weighted by atomic mass is 10.0. The van der Waals surface area contributed by atoms with Crippen LogP contribution in [0, 0.1) is 0 Å². The number of carbonyl (C=O) groups excluding carboxylic acids is 1. The van der Waals surface area contributed by atoms with Gasteiger partial charge in [0.1, 0.15) is 13.2 Å². The molecule has 0 aliphatic carbocycles. The molecule has 0 N–H and O–H groups in total.